The number of nitrogens with zero attached hydrogens (tertiary/aromatic N) is 1. The number of anilines is 1. The van der Waals surface area contributed by atoms with Gasteiger partial charge in [0, 0.05) is 6.54 Å². The van der Waals surface area contributed by atoms with Crippen molar-refractivity contribution < 1.29 is 4.42 Å². The van der Waals surface area contributed by atoms with Gasteiger partial charge < -0.3 is 10.2 Å². The van der Waals surface area contributed by atoms with Crippen LogP contribution in [-0.4, -0.2) is 4.57 Å². The van der Waals surface area contributed by atoms with Gasteiger partial charge in [-0.3, -0.25) is 4.57 Å². The van der Waals surface area contributed by atoms with Gasteiger partial charge in [-0.1, -0.05) is 51.5 Å². The molecular weight excluding hydrogens is 252 g/mol. The number of fused-ring (bicyclic) bond motifs is 1. The number of benzene rings is 1. The van der Waals surface area contributed by atoms with Crippen molar-refractivity contribution >= 4 is 16.8 Å². The molecule has 2 rings (SSSR count). The van der Waals surface area contributed by atoms with E-state index in [2.05, 4.69) is 6.92 Å². The standard InChI is InChI=1S/C16H24N2O2/c1-2-3-4-5-6-7-8-12-18-15-13(17)10-9-11-14(15)20-16(18)19/h9-11H,2-8,12,17H2,1H3. The maximum Gasteiger partial charge on any atom is 0.420 e. The summed E-state index contributed by atoms with van der Waals surface area (Å²) in [5, 5.41) is 0. The number of oxazole rings is 1. The fraction of sp³-hybridized carbons (Fsp3) is 0.562. The summed E-state index contributed by atoms with van der Waals surface area (Å²) in [7, 11) is 0. The van der Waals surface area contributed by atoms with Crippen LogP contribution >= 0.6 is 0 Å². The van der Waals surface area contributed by atoms with Crippen LogP contribution < -0.4 is 11.5 Å². The number of hydrogen-bond donors (Lipinski definition) is 1. The largest absolute Gasteiger partial charge is 0.420 e. The molecule has 0 aliphatic carbocycles. The van der Waals surface area contributed by atoms with Gasteiger partial charge in [0.2, 0.25) is 0 Å². The van der Waals surface area contributed by atoms with Crippen molar-refractivity contribution in [3.8, 4) is 0 Å². The zero-order valence-electron chi connectivity index (χ0n) is 12.2. The topological polar surface area (TPSA) is 61.2 Å². The van der Waals surface area contributed by atoms with E-state index >= 15 is 0 Å². The van der Waals surface area contributed by atoms with Crippen molar-refractivity contribution in [3.05, 3.63) is 28.7 Å². The average molecular weight is 276 g/mol. The lowest BCUT2D eigenvalue weighted by Gasteiger charge is -2.04. The number of hydrogen-bond acceptors (Lipinski definition) is 3. The Morgan fingerprint density at radius 2 is 1.80 bits per heavy atom. The van der Waals surface area contributed by atoms with Gasteiger partial charge in [0.25, 0.3) is 0 Å². The lowest BCUT2D eigenvalue weighted by Crippen LogP contribution is -2.14. The van der Waals surface area contributed by atoms with Crippen molar-refractivity contribution in [2.24, 2.45) is 0 Å². The number of nitrogens with two attached hydrogens (primary N) is 1. The molecule has 0 aliphatic rings. The van der Waals surface area contributed by atoms with Gasteiger partial charge >= 0.3 is 5.76 Å². The molecule has 0 aliphatic heterocycles. The van der Waals surface area contributed by atoms with Crippen molar-refractivity contribution in [1.82, 2.24) is 4.57 Å². The Morgan fingerprint density at radius 1 is 1.10 bits per heavy atom. The van der Waals surface area contributed by atoms with E-state index < -0.39 is 0 Å². The minimum absolute atomic E-state index is 0.302. The van der Waals surface area contributed by atoms with Crippen LogP contribution in [0, 0.1) is 0 Å². The van der Waals surface area contributed by atoms with E-state index in [1.165, 1.54) is 32.1 Å². The van der Waals surface area contributed by atoms with Crippen molar-refractivity contribution in [2.75, 3.05) is 5.73 Å². The van der Waals surface area contributed by atoms with Gasteiger partial charge in [0.05, 0.1) is 5.69 Å². The zero-order chi connectivity index (χ0) is 14.4. The summed E-state index contributed by atoms with van der Waals surface area (Å²) >= 11 is 0. The van der Waals surface area contributed by atoms with Gasteiger partial charge in [0.15, 0.2) is 5.58 Å². The molecule has 110 valence electrons. The van der Waals surface area contributed by atoms with E-state index in [0.717, 1.165) is 18.4 Å². The lowest BCUT2D eigenvalue weighted by molar-refractivity contribution is 0.484. The molecule has 0 fully saturated rings. The van der Waals surface area contributed by atoms with Crippen LogP contribution in [0.3, 0.4) is 0 Å². The normalized spacial score (nSPS) is 11.2. The van der Waals surface area contributed by atoms with Gasteiger partial charge in [-0.2, -0.15) is 0 Å². The maximum absolute atomic E-state index is 11.8. The second-order valence-electron chi connectivity index (χ2n) is 5.33. The fourth-order valence-electron chi connectivity index (χ4n) is 2.58. The predicted octanol–water partition coefficient (Wildman–Crippen LogP) is 3.93. The van der Waals surface area contributed by atoms with Gasteiger partial charge in [-0.15, -0.1) is 0 Å². The van der Waals surface area contributed by atoms with E-state index in [-0.39, 0.29) is 5.76 Å². The van der Waals surface area contributed by atoms with Crippen molar-refractivity contribution in [3.63, 3.8) is 0 Å². The highest BCUT2D eigenvalue weighted by Crippen LogP contribution is 2.20. The van der Waals surface area contributed by atoms with Crippen molar-refractivity contribution in [1.29, 1.82) is 0 Å². The molecule has 0 amide bonds. The molecule has 20 heavy (non-hydrogen) atoms. The highest BCUT2D eigenvalue weighted by molar-refractivity contribution is 5.85. The molecule has 0 saturated carbocycles. The van der Waals surface area contributed by atoms with Crippen LogP contribution in [0.1, 0.15) is 51.9 Å². The summed E-state index contributed by atoms with van der Waals surface area (Å²) in [4.78, 5) is 11.8. The maximum atomic E-state index is 11.8. The zero-order valence-corrected chi connectivity index (χ0v) is 12.2. The van der Waals surface area contributed by atoms with Crippen LogP contribution in [0.2, 0.25) is 0 Å². The lowest BCUT2D eigenvalue weighted by atomic mass is 10.1. The van der Waals surface area contributed by atoms with E-state index in [9.17, 15) is 4.79 Å². The average Bonchev–Trinajstić information content (AvgIpc) is 2.75. The molecule has 0 saturated heterocycles. The third-order valence-electron chi connectivity index (χ3n) is 3.70. The molecule has 4 nitrogen and oxygen atoms in total. The summed E-state index contributed by atoms with van der Waals surface area (Å²) in [6, 6.07) is 5.39. The molecule has 2 aromatic rings. The Kier molecular flexibility index (Phi) is 5.27. The summed E-state index contributed by atoms with van der Waals surface area (Å²) in [5.41, 5.74) is 7.86. The second kappa shape index (κ2) is 7.17. The van der Waals surface area contributed by atoms with Crippen LogP contribution in [-0.2, 0) is 6.54 Å². The van der Waals surface area contributed by atoms with E-state index in [1.54, 1.807) is 22.8 Å². The Labute approximate surface area is 119 Å². The van der Waals surface area contributed by atoms with Crippen LogP contribution in [0.25, 0.3) is 11.1 Å². The molecule has 0 unspecified atom stereocenters. The number of unbranched alkanes of at least 4 members (excludes halogenated alkanes) is 6. The third kappa shape index (κ3) is 3.44. The highest BCUT2D eigenvalue weighted by atomic mass is 16.4. The molecule has 2 N–H and O–H groups in total. The quantitative estimate of drug-likeness (QED) is 0.587. The van der Waals surface area contributed by atoms with Gasteiger partial charge in [-0.05, 0) is 18.6 Å². The Bertz CT molecular complexity index is 598. The number of aromatic nitrogens is 1. The summed E-state index contributed by atoms with van der Waals surface area (Å²) < 4.78 is 6.88. The summed E-state index contributed by atoms with van der Waals surface area (Å²) in [6.07, 6.45) is 8.58. The third-order valence-corrected chi connectivity index (χ3v) is 3.70. The minimum atomic E-state index is -0.302. The smallest absolute Gasteiger partial charge is 0.408 e. The van der Waals surface area contributed by atoms with E-state index in [0.29, 0.717) is 17.8 Å². The first-order chi connectivity index (χ1) is 9.74. The molecule has 1 aromatic carbocycles. The first kappa shape index (κ1) is 14.7. The Morgan fingerprint density at radius 3 is 2.55 bits per heavy atom. The highest BCUT2D eigenvalue weighted by Gasteiger charge is 2.10. The molecule has 0 radical (unpaired) electrons. The predicted molar refractivity (Wildman–Crippen MR) is 82.9 cm³/mol. The SMILES string of the molecule is CCCCCCCCCn1c(=O)oc2cccc(N)c21. The Hall–Kier alpha value is -1.71. The molecule has 4 heteroatoms. The molecule has 1 heterocycles. The molecular formula is C16H24N2O2. The number of para-hydroxylation sites is 1. The van der Waals surface area contributed by atoms with Gasteiger partial charge in [-0.25, -0.2) is 4.79 Å². The summed E-state index contributed by atoms with van der Waals surface area (Å²) in [5.74, 6) is -0.302. The first-order valence-electron chi connectivity index (χ1n) is 7.62. The minimum Gasteiger partial charge on any atom is -0.408 e. The number of rotatable bonds is 8. The summed E-state index contributed by atoms with van der Waals surface area (Å²) in [6.45, 7) is 2.91. The van der Waals surface area contributed by atoms with Crippen LogP contribution in [0.5, 0.6) is 0 Å². The second-order valence-corrected chi connectivity index (χ2v) is 5.33. The molecule has 0 atom stereocenters. The molecule has 1 aromatic heterocycles. The fourth-order valence-corrected chi connectivity index (χ4v) is 2.58. The Balaban J connectivity index is 1.90. The first-order valence-corrected chi connectivity index (χ1v) is 7.62. The van der Waals surface area contributed by atoms with Crippen molar-refractivity contribution in [2.45, 2.75) is 58.4 Å². The molecule has 0 bridgehead atoms. The van der Waals surface area contributed by atoms with Crippen LogP contribution in [0.15, 0.2) is 27.4 Å². The number of nitrogen functional groups attached to an aromatic ring is 1. The molecule has 0 spiro atoms. The van der Waals surface area contributed by atoms with Crippen LogP contribution in [0.4, 0.5) is 5.69 Å². The number of aryl methyl sites for hydroxylation is 1. The van der Waals surface area contributed by atoms with Gasteiger partial charge in [0.1, 0.15) is 5.52 Å². The van der Waals surface area contributed by atoms with E-state index in [4.69, 9.17) is 10.2 Å². The van der Waals surface area contributed by atoms with E-state index in [1.807, 2.05) is 0 Å². The monoisotopic (exact) mass is 276 g/mol.